The Kier molecular flexibility index (Phi) is 25.7. The molecule has 0 aliphatic rings. The van der Waals surface area contributed by atoms with E-state index in [1.54, 1.807) is 0 Å². The number of hydrogen-bond acceptors (Lipinski definition) is 12. The Bertz CT molecular complexity index is 640. The van der Waals surface area contributed by atoms with E-state index in [9.17, 15) is 50.1 Å². The molecule has 0 saturated heterocycles. The molecule has 0 bridgehead atoms. The number of unbranched alkanes of at least 4 members (excludes halogenated alkanes) is 7. The van der Waals surface area contributed by atoms with Gasteiger partial charge in [-0.3, -0.25) is 9.59 Å². The molecule has 0 spiro atoms. The second kappa shape index (κ2) is 22.9. The van der Waals surface area contributed by atoms with E-state index in [1.165, 1.54) is 12.8 Å². The molecule has 0 aliphatic heterocycles. The van der Waals surface area contributed by atoms with Crippen LogP contribution >= 0.6 is 0 Å². The van der Waals surface area contributed by atoms with Crippen molar-refractivity contribution >= 4 is 77.0 Å². The third-order valence-electron chi connectivity index (χ3n) is 5.36. The van der Waals surface area contributed by atoms with Crippen molar-refractivity contribution in [1.82, 2.24) is 0 Å². The van der Waals surface area contributed by atoms with Crippen LogP contribution in [-0.4, -0.2) is 167 Å². The summed E-state index contributed by atoms with van der Waals surface area (Å²) in [5, 5.41) is 76.1. The van der Waals surface area contributed by atoms with Crippen molar-refractivity contribution in [3.05, 3.63) is 0 Å². The molecule has 8 N–H and O–H groups in total. The molecule has 210 valence electrons. The molecule has 37 heavy (non-hydrogen) atoms. The molecule has 2 unspecified atom stereocenters. The van der Waals surface area contributed by atoms with Gasteiger partial charge in [-0.25, -0.2) is 4.79 Å². The first-order valence-corrected chi connectivity index (χ1v) is 11.7. The zero-order valence-electron chi connectivity index (χ0n) is 20.0. The Labute approximate surface area is 260 Å². The number of aliphatic hydroxyl groups excluding tert-OH is 6. The van der Waals surface area contributed by atoms with Crippen molar-refractivity contribution in [2.24, 2.45) is 0 Å². The minimum atomic E-state index is -2.93. The number of esters is 2. The fourth-order valence-corrected chi connectivity index (χ4v) is 3.12. The van der Waals surface area contributed by atoms with E-state index < -0.39 is 73.7 Å². The standard InChI is InChI=1S/C22H40O13.2Na.2H/c1-2-3-4-5-6-7-8-9-10-34-15(25)11-22(33,21(31)32)12-16(26)35-20(30)19(29)18(28)17(27)14(24)13-23;;;;/h14,17-20,23-24,27-30,33H,2-13H2,1H3,(H,31,32);;;;/t14-,17-,18+,19-,20?,22?;;;;/m1..../s1. The second-order valence-electron chi connectivity index (χ2n) is 8.49. The van der Waals surface area contributed by atoms with Crippen LogP contribution in [0, 0.1) is 0 Å². The number of carbonyl (C=O) groups is 3. The number of aliphatic carboxylic acids is 1. The van der Waals surface area contributed by atoms with Crippen LogP contribution in [-0.2, 0) is 23.9 Å². The first-order chi connectivity index (χ1) is 16.4. The molecule has 0 aromatic rings. The maximum atomic E-state index is 12.0. The maximum absolute atomic E-state index is 12.0. The fourth-order valence-electron chi connectivity index (χ4n) is 3.12. The molecule has 0 aliphatic carbocycles. The van der Waals surface area contributed by atoms with E-state index >= 15 is 0 Å². The zero-order valence-corrected chi connectivity index (χ0v) is 20.0. The summed E-state index contributed by atoms with van der Waals surface area (Å²) in [5.74, 6) is -4.56. The molecule has 13 nitrogen and oxygen atoms in total. The van der Waals surface area contributed by atoms with Crippen LogP contribution in [0.25, 0.3) is 0 Å². The predicted molar refractivity (Wildman–Crippen MR) is 133 cm³/mol. The van der Waals surface area contributed by atoms with Gasteiger partial charge in [-0.05, 0) is 6.42 Å². The van der Waals surface area contributed by atoms with Crippen molar-refractivity contribution in [2.45, 2.75) is 107 Å². The fraction of sp³-hybridized carbons (Fsp3) is 0.864. The van der Waals surface area contributed by atoms with Crippen LogP contribution in [0.2, 0.25) is 0 Å². The number of hydrogen-bond donors (Lipinski definition) is 8. The van der Waals surface area contributed by atoms with Crippen molar-refractivity contribution in [2.75, 3.05) is 13.2 Å². The molecule has 0 saturated carbocycles. The Morgan fingerprint density at radius 1 is 0.757 bits per heavy atom. The van der Waals surface area contributed by atoms with Gasteiger partial charge in [-0.15, -0.1) is 0 Å². The average molecular weight is 561 g/mol. The Balaban J connectivity index is -0.00000578. The molecule has 0 amide bonds. The summed E-state index contributed by atoms with van der Waals surface area (Å²) >= 11 is 0. The number of carbonyl (C=O) groups excluding carboxylic acids is 2. The summed E-state index contributed by atoms with van der Waals surface area (Å²) in [6.07, 6.45) is -5.46. The first-order valence-electron chi connectivity index (χ1n) is 11.7. The van der Waals surface area contributed by atoms with Gasteiger partial charge in [0.2, 0.25) is 6.29 Å². The van der Waals surface area contributed by atoms with Gasteiger partial charge in [-0.1, -0.05) is 51.9 Å². The van der Waals surface area contributed by atoms with Gasteiger partial charge >= 0.3 is 77.0 Å². The van der Waals surface area contributed by atoms with Gasteiger partial charge in [0.25, 0.3) is 0 Å². The summed E-state index contributed by atoms with van der Waals surface area (Å²) in [6, 6.07) is 0. The van der Waals surface area contributed by atoms with Crippen molar-refractivity contribution in [3.8, 4) is 0 Å². The van der Waals surface area contributed by atoms with Crippen LogP contribution in [0.1, 0.15) is 71.1 Å². The summed E-state index contributed by atoms with van der Waals surface area (Å²) in [6.45, 7) is 1.16. The molecule has 0 aromatic carbocycles. The van der Waals surface area contributed by atoms with Crippen LogP contribution in [0.3, 0.4) is 0 Å². The van der Waals surface area contributed by atoms with Gasteiger partial charge in [0.05, 0.1) is 26.1 Å². The van der Waals surface area contributed by atoms with Gasteiger partial charge in [0, 0.05) is 0 Å². The van der Waals surface area contributed by atoms with Crippen LogP contribution < -0.4 is 0 Å². The van der Waals surface area contributed by atoms with Crippen LogP contribution in [0.4, 0.5) is 0 Å². The first kappa shape index (κ1) is 41.6. The van der Waals surface area contributed by atoms with Crippen molar-refractivity contribution in [1.29, 1.82) is 0 Å². The molecule has 0 heterocycles. The van der Waals surface area contributed by atoms with E-state index in [4.69, 9.17) is 9.84 Å². The molecule has 0 aromatic heterocycles. The Morgan fingerprint density at radius 3 is 1.73 bits per heavy atom. The summed E-state index contributed by atoms with van der Waals surface area (Å²) in [4.78, 5) is 35.4. The Morgan fingerprint density at radius 2 is 1.24 bits per heavy atom. The third kappa shape index (κ3) is 17.4. The minimum absolute atomic E-state index is 0. The number of aliphatic hydroxyl groups is 7. The number of carboxylic acid groups (broad SMARTS) is 1. The SMILES string of the molecule is CCCCCCCCCCOC(=O)CC(O)(CC(=O)OC(O)[C@H](O)[C@@H](O)[C@H](O)[C@H](O)CO)C(=O)O.[NaH].[NaH]. The molecule has 0 rings (SSSR count). The number of ether oxygens (including phenoxy) is 2. The molecule has 15 heteroatoms. The topological polar surface area (TPSA) is 232 Å². The molecular formula is C22H42Na2O13. The van der Waals surface area contributed by atoms with Gasteiger partial charge in [0.1, 0.15) is 24.4 Å². The van der Waals surface area contributed by atoms with E-state index in [-0.39, 0.29) is 65.7 Å². The number of carboxylic acids is 1. The van der Waals surface area contributed by atoms with Gasteiger partial charge in [0.15, 0.2) is 5.60 Å². The summed E-state index contributed by atoms with van der Waals surface area (Å²) in [7, 11) is 0. The van der Waals surface area contributed by atoms with Crippen LogP contribution in [0.15, 0.2) is 0 Å². The summed E-state index contributed by atoms with van der Waals surface area (Å²) < 4.78 is 9.28. The number of rotatable bonds is 20. The van der Waals surface area contributed by atoms with Crippen molar-refractivity contribution < 1.29 is 64.7 Å². The molecule has 0 radical (unpaired) electrons. The monoisotopic (exact) mass is 560 g/mol. The van der Waals surface area contributed by atoms with E-state index in [1.807, 2.05) is 0 Å². The predicted octanol–water partition coefficient (Wildman–Crippen LogP) is -2.73. The third-order valence-corrected chi connectivity index (χ3v) is 5.36. The average Bonchev–Trinajstić information content (AvgIpc) is 2.80. The van der Waals surface area contributed by atoms with E-state index in [2.05, 4.69) is 11.7 Å². The normalized spacial score (nSPS) is 16.5. The van der Waals surface area contributed by atoms with Gasteiger partial charge < -0.3 is 50.3 Å². The van der Waals surface area contributed by atoms with E-state index in [0.29, 0.717) is 6.42 Å². The Hall–Kier alpha value is 0.130. The van der Waals surface area contributed by atoms with Crippen molar-refractivity contribution in [3.63, 3.8) is 0 Å². The van der Waals surface area contributed by atoms with E-state index in [0.717, 1.165) is 32.1 Å². The zero-order chi connectivity index (χ0) is 27.0. The molecule has 0 fully saturated rings. The quantitative estimate of drug-likeness (QED) is 0.0327. The molecule has 6 atom stereocenters. The summed E-state index contributed by atoms with van der Waals surface area (Å²) in [5.41, 5.74) is -2.93. The second-order valence-corrected chi connectivity index (χ2v) is 8.49. The molecular weight excluding hydrogens is 518 g/mol. The van der Waals surface area contributed by atoms with Crippen LogP contribution in [0.5, 0.6) is 0 Å². The van der Waals surface area contributed by atoms with Gasteiger partial charge in [-0.2, -0.15) is 0 Å².